The number of anilines is 1. The molecule has 3 heteroatoms. The topological polar surface area (TPSA) is 21.7 Å². The lowest BCUT2D eigenvalue weighted by molar-refractivity contribution is 0.0495. The molecule has 2 saturated heterocycles. The zero-order chi connectivity index (χ0) is 16.7. The monoisotopic (exact) mass is 323 g/mol. The Kier molecular flexibility index (Phi) is 3.86. The number of fused-ring (bicyclic) bond motifs is 1. The fourth-order valence-corrected chi connectivity index (χ4v) is 3.69. The molecule has 0 N–H and O–H groups in total. The summed E-state index contributed by atoms with van der Waals surface area (Å²) in [4.78, 5) is 6.04. The average Bonchev–Trinajstić information content (AvgIpc) is 3.17. The summed E-state index contributed by atoms with van der Waals surface area (Å²) in [5.41, 5.74) is 3.84. The van der Waals surface area contributed by atoms with Crippen molar-refractivity contribution in [2.24, 2.45) is 5.92 Å². The van der Waals surface area contributed by atoms with Gasteiger partial charge in [0.25, 0.3) is 0 Å². The lowest BCUT2D eigenvalue weighted by atomic mass is 9.87. The maximum absolute atomic E-state index is 6.11. The van der Waals surface area contributed by atoms with Crippen molar-refractivity contribution in [2.75, 3.05) is 18.3 Å². The van der Waals surface area contributed by atoms with Crippen molar-refractivity contribution in [1.29, 1.82) is 0 Å². The van der Waals surface area contributed by atoms with E-state index < -0.39 is 0 Å². The minimum absolute atomic E-state index is 0.0704. The van der Waals surface area contributed by atoms with E-state index in [1.807, 2.05) is 6.07 Å². The van der Waals surface area contributed by atoms with Crippen LogP contribution < -0.4 is 5.06 Å². The lowest BCUT2D eigenvalue weighted by Gasteiger charge is -2.29. The Balaban J connectivity index is 1.62. The summed E-state index contributed by atoms with van der Waals surface area (Å²) in [5, 5.41) is 2.07. The zero-order valence-electron chi connectivity index (χ0n) is 14.6. The van der Waals surface area contributed by atoms with E-state index in [1.54, 1.807) is 0 Å². The maximum Gasteiger partial charge on any atom is 0.106 e. The maximum atomic E-state index is 6.11. The van der Waals surface area contributed by atoms with E-state index in [4.69, 9.17) is 9.57 Å². The van der Waals surface area contributed by atoms with E-state index in [-0.39, 0.29) is 17.6 Å². The summed E-state index contributed by atoms with van der Waals surface area (Å²) in [7, 11) is 0. The first-order valence-electron chi connectivity index (χ1n) is 8.73. The first-order valence-corrected chi connectivity index (χ1v) is 8.73. The van der Waals surface area contributed by atoms with Gasteiger partial charge in [-0.25, -0.2) is 5.06 Å². The van der Waals surface area contributed by atoms with Gasteiger partial charge in [-0.15, -0.1) is 0 Å². The highest BCUT2D eigenvalue weighted by molar-refractivity contribution is 5.49. The van der Waals surface area contributed by atoms with Crippen molar-refractivity contribution in [3.8, 4) is 0 Å². The molecule has 2 aliphatic heterocycles. The average molecular weight is 323 g/mol. The van der Waals surface area contributed by atoms with E-state index in [9.17, 15) is 0 Å². The van der Waals surface area contributed by atoms with E-state index in [1.165, 1.54) is 11.1 Å². The first-order chi connectivity index (χ1) is 11.5. The van der Waals surface area contributed by atoms with Crippen LogP contribution in [0.2, 0.25) is 0 Å². The van der Waals surface area contributed by atoms with Crippen LogP contribution in [-0.4, -0.2) is 19.3 Å². The minimum atomic E-state index is 0.0704. The number of hydrogen-bond acceptors (Lipinski definition) is 3. The Morgan fingerprint density at radius 1 is 0.917 bits per heavy atom. The van der Waals surface area contributed by atoms with Gasteiger partial charge in [0.05, 0.1) is 24.9 Å². The standard InChI is InChI=1S/C21H25NO2/c1-21(2,3)17-9-11-18(12-10-17)22-19-16(14-24-22)13-23-20(19)15-7-5-4-6-8-15/h4-12,16,19-20H,13-14H2,1-3H3/t16-,19+,20-/m0/s1. The van der Waals surface area contributed by atoms with Gasteiger partial charge >= 0.3 is 0 Å². The molecule has 4 rings (SSSR count). The van der Waals surface area contributed by atoms with Gasteiger partial charge in [-0.05, 0) is 28.7 Å². The molecule has 0 unspecified atom stereocenters. The van der Waals surface area contributed by atoms with Crippen molar-refractivity contribution >= 4 is 5.69 Å². The molecule has 3 nitrogen and oxygen atoms in total. The highest BCUT2D eigenvalue weighted by atomic mass is 16.7. The van der Waals surface area contributed by atoms with E-state index >= 15 is 0 Å². The van der Waals surface area contributed by atoms with Crippen molar-refractivity contribution in [1.82, 2.24) is 0 Å². The molecule has 0 amide bonds. The molecule has 3 atom stereocenters. The molecule has 2 aromatic carbocycles. The van der Waals surface area contributed by atoms with E-state index in [0.717, 1.165) is 18.9 Å². The third-order valence-corrected chi connectivity index (χ3v) is 5.10. The number of nitrogens with zero attached hydrogens (tertiary/aromatic N) is 1. The van der Waals surface area contributed by atoms with Crippen molar-refractivity contribution in [3.05, 3.63) is 65.7 Å². The highest BCUT2D eigenvalue weighted by Crippen LogP contribution is 2.42. The van der Waals surface area contributed by atoms with Gasteiger partial charge in [-0.1, -0.05) is 63.2 Å². The fourth-order valence-electron chi connectivity index (χ4n) is 3.69. The fraction of sp³-hybridized carbons (Fsp3) is 0.429. The number of benzene rings is 2. The molecular formula is C21H25NO2. The molecule has 2 heterocycles. The summed E-state index contributed by atoms with van der Waals surface area (Å²) in [6.07, 6.45) is 0.0704. The number of ether oxygens (including phenoxy) is 1. The quantitative estimate of drug-likeness (QED) is 0.812. The second-order valence-electron chi connectivity index (χ2n) is 7.83. The van der Waals surface area contributed by atoms with Crippen LogP contribution >= 0.6 is 0 Å². The van der Waals surface area contributed by atoms with Crippen LogP contribution in [0.5, 0.6) is 0 Å². The van der Waals surface area contributed by atoms with Crippen molar-refractivity contribution in [3.63, 3.8) is 0 Å². The Hall–Kier alpha value is -1.84. The van der Waals surface area contributed by atoms with Gasteiger partial charge in [0, 0.05) is 5.92 Å². The molecule has 0 radical (unpaired) electrons. The molecule has 0 spiro atoms. The third kappa shape index (κ3) is 2.72. The SMILES string of the molecule is CC(C)(C)c1ccc(N2OC[C@@H]3CO[C@@H](c4ccccc4)[C@@H]32)cc1. The van der Waals surface area contributed by atoms with Gasteiger partial charge in [-0.3, -0.25) is 4.84 Å². The van der Waals surface area contributed by atoms with Crippen molar-refractivity contribution in [2.45, 2.75) is 38.3 Å². The van der Waals surface area contributed by atoms with Gasteiger partial charge in [-0.2, -0.15) is 0 Å². The van der Waals surface area contributed by atoms with Crippen LogP contribution in [0.25, 0.3) is 0 Å². The molecule has 0 bridgehead atoms. The smallest absolute Gasteiger partial charge is 0.106 e. The van der Waals surface area contributed by atoms with E-state index in [0.29, 0.717) is 5.92 Å². The van der Waals surface area contributed by atoms with Crippen LogP contribution in [0.1, 0.15) is 38.0 Å². The molecule has 24 heavy (non-hydrogen) atoms. The summed E-state index contributed by atoms with van der Waals surface area (Å²) in [5.74, 6) is 0.428. The summed E-state index contributed by atoms with van der Waals surface area (Å²) >= 11 is 0. The Bertz CT molecular complexity index is 690. The predicted octanol–water partition coefficient (Wildman–Crippen LogP) is 4.49. The molecule has 2 fully saturated rings. The Labute approximate surface area is 144 Å². The van der Waals surface area contributed by atoms with Crippen LogP contribution in [0.4, 0.5) is 5.69 Å². The van der Waals surface area contributed by atoms with Crippen LogP contribution in [0, 0.1) is 5.92 Å². The first kappa shape index (κ1) is 15.7. The number of hydroxylamine groups is 1. The lowest BCUT2D eigenvalue weighted by Crippen LogP contribution is -2.34. The second-order valence-corrected chi connectivity index (χ2v) is 7.83. The second kappa shape index (κ2) is 5.91. The Morgan fingerprint density at radius 2 is 1.62 bits per heavy atom. The highest BCUT2D eigenvalue weighted by Gasteiger charge is 2.47. The molecule has 0 aliphatic carbocycles. The molecular weight excluding hydrogens is 298 g/mol. The van der Waals surface area contributed by atoms with Gasteiger partial charge in [0.1, 0.15) is 6.10 Å². The zero-order valence-corrected chi connectivity index (χ0v) is 14.6. The summed E-state index contributed by atoms with van der Waals surface area (Å²) < 4.78 is 6.11. The number of rotatable bonds is 2. The largest absolute Gasteiger partial charge is 0.371 e. The molecule has 0 aromatic heterocycles. The third-order valence-electron chi connectivity index (χ3n) is 5.10. The Morgan fingerprint density at radius 3 is 2.29 bits per heavy atom. The van der Waals surface area contributed by atoms with Crippen LogP contribution in [0.15, 0.2) is 54.6 Å². The van der Waals surface area contributed by atoms with Crippen LogP contribution in [-0.2, 0) is 15.0 Å². The summed E-state index contributed by atoms with van der Waals surface area (Å²) in [6.45, 7) is 8.21. The van der Waals surface area contributed by atoms with Gasteiger partial charge < -0.3 is 4.74 Å². The molecule has 126 valence electrons. The molecule has 0 saturated carbocycles. The molecule has 2 aromatic rings. The summed E-state index contributed by atoms with van der Waals surface area (Å²) in [6, 6.07) is 19.5. The van der Waals surface area contributed by atoms with Crippen molar-refractivity contribution < 1.29 is 9.57 Å². The van der Waals surface area contributed by atoms with Crippen LogP contribution in [0.3, 0.4) is 0 Å². The predicted molar refractivity (Wildman–Crippen MR) is 96.0 cm³/mol. The van der Waals surface area contributed by atoms with E-state index in [2.05, 4.69) is 74.4 Å². The number of hydrogen-bond donors (Lipinski definition) is 0. The minimum Gasteiger partial charge on any atom is -0.371 e. The molecule has 2 aliphatic rings. The normalized spacial score (nSPS) is 26.6. The van der Waals surface area contributed by atoms with Gasteiger partial charge in [0.15, 0.2) is 0 Å². The van der Waals surface area contributed by atoms with Gasteiger partial charge in [0.2, 0.25) is 0 Å².